The SMILES string of the molecule is Cc1cc(OC(F)F)cc(C)c1NN. The van der Waals surface area contributed by atoms with Crippen LogP contribution in [0.15, 0.2) is 12.1 Å². The number of hydrogen-bond acceptors (Lipinski definition) is 3. The maximum atomic E-state index is 11.9. The average Bonchev–Trinajstić information content (AvgIpc) is 2.01. The van der Waals surface area contributed by atoms with Gasteiger partial charge in [0.1, 0.15) is 5.75 Å². The first-order chi connectivity index (χ1) is 6.54. The van der Waals surface area contributed by atoms with E-state index in [1.165, 1.54) is 12.1 Å². The van der Waals surface area contributed by atoms with Crippen LogP contribution in [-0.4, -0.2) is 6.61 Å². The highest BCUT2D eigenvalue weighted by molar-refractivity contribution is 5.58. The molecule has 3 N–H and O–H groups in total. The molecule has 0 radical (unpaired) electrons. The standard InChI is InChI=1S/C9H12F2N2O/c1-5-3-7(14-9(10)11)4-6(2)8(5)13-12/h3-4,9,13H,12H2,1-2H3. The molecule has 0 saturated carbocycles. The molecule has 0 fully saturated rings. The minimum Gasteiger partial charge on any atom is -0.435 e. The van der Waals surface area contributed by atoms with E-state index in [0.717, 1.165) is 16.8 Å². The number of hydrogen-bond donors (Lipinski definition) is 2. The smallest absolute Gasteiger partial charge is 0.387 e. The third-order valence-corrected chi connectivity index (χ3v) is 1.88. The largest absolute Gasteiger partial charge is 0.435 e. The van der Waals surface area contributed by atoms with Crippen molar-refractivity contribution in [2.45, 2.75) is 20.5 Å². The normalized spacial score (nSPS) is 10.4. The first-order valence-electron chi connectivity index (χ1n) is 4.07. The molecule has 0 bridgehead atoms. The summed E-state index contributed by atoms with van der Waals surface area (Å²) in [4.78, 5) is 0. The molecule has 0 aliphatic heterocycles. The highest BCUT2D eigenvalue weighted by Gasteiger charge is 2.08. The number of rotatable bonds is 3. The van der Waals surface area contributed by atoms with Gasteiger partial charge in [0.25, 0.3) is 0 Å². The molecule has 0 heterocycles. The van der Waals surface area contributed by atoms with E-state index < -0.39 is 6.61 Å². The Labute approximate surface area is 80.8 Å². The number of nitrogens with two attached hydrogens (primary N) is 1. The average molecular weight is 202 g/mol. The lowest BCUT2D eigenvalue weighted by molar-refractivity contribution is -0.0498. The molecule has 14 heavy (non-hydrogen) atoms. The number of hydrazine groups is 1. The van der Waals surface area contributed by atoms with Crippen molar-refractivity contribution in [1.82, 2.24) is 0 Å². The lowest BCUT2D eigenvalue weighted by atomic mass is 10.1. The molecule has 0 amide bonds. The molecule has 0 atom stereocenters. The van der Waals surface area contributed by atoms with E-state index in [2.05, 4.69) is 10.2 Å². The van der Waals surface area contributed by atoms with E-state index in [-0.39, 0.29) is 5.75 Å². The molecule has 0 aliphatic carbocycles. The van der Waals surface area contributed by atoms with Crippen LogP contribution in [0.4, 0.5) is 14.5 Å². The van der Waals surface area contributed by atoms with Gasteiger partial charge in [-0.3, -0.25) is 5.84 Å². The highest BCUT2D eigenvalue weighted by atomic mass is 19.3. The molecule has 78 valence electrons. The molecule has 0 unspecified atom stereocenters. The Bertz CT molecular complexity index is 306. The minimum absolute atomic E-state index is 0.147. The van der Waals surface area contributed by atoms with Crippen LogP contribution in [-0.2, 0) is 0 Å². The Hall–Kier alpha value is -1.36. The number of benzene rings is 1. The van der Waals surface area contributed by atoms with Gasteiger partial charge in [0.05, 0.1) is 5.69 Å². The zero-order valence-electron chi connectivity index (χ0n) is 7.97. The molecule has 0 spiro atoms. The van der Waals surface area contributed by atoms with E-state index >= 15 is 0 Å². The van der Waals surface area contributed by atoms with Gasteiger partial charge in [-0.15, -0.1) is 0 Å². The van der Waals surface area contributed by atoms with Gasteiger partial charge in [0, 0.05) is 0 Å². The predicted octanol–water partition coefficient (Wildman–Crippen LogP) is 2.19. The summed E-state index contributed by atoms with van der Waals surface area (Å²) < 4.78 is 28.1. The molecule has 5 heteroatoms. The number of nitrogen functional groups attached to an aromatic ring is 1. The third-order valence-electron chi connectivity index (χ3n) is 1.88. The lowest BCUT2D eigenvalue weighted by Crippen LogP contribution is -2.10. The van der Waals surface area contributed by atoms with Crippen LogP contribution in [0.1, 0.15) is 11.1 Å². The fraction of sp³-hybridized carbons (Fsp3) is 0.333. The van der Waals surface area contributed by atoms with Gasteiger partial charge in [-0.25, -0.2) is 0 Å². The van der Waals surface area contributed by atoms with Crippen LogP contribution in [0.3, 0.4) is 0 Å². The Kier molecular flexibility index (Phi) is 3.24. The molecule has 1 rings (SSSR count). The summed E-state index contributed by atoms with van der Waals surface area (Å²) in [6.07, 6.45) is 0. The molecule has 1 aromatic carbocycles. The van der Waals surface area contributed by atoms with E-state index in [4.69, 9.17) is 5.84 Å². The second kappa shape index (κ2) is 4.23. The molecular formula is C9H12F2N2O. The maximum Gasteiger partial charge on any atom is 0.387 e. The van der Waals surface area contributed by atoms with Gasteiger partial charge < -0.3 is 10.2 Å². The van der Waals surface area contributed by atoms with Crippen molar-refractivity contribution in [1.29, 1.82) is 0 Å². The quantitative estimate of drug-likeness (QED) is 0.583. The summed E-state index contributed by atoms with van der Waals surface area (Å²) in [6.45, 7) is 0.728. The van der Waals surface area contributed by atoms with Crippen LogP contribution >= 0.6 is 0 Å². The van der Waals surface area contributed by atoms with Crippen LogP contribution in [0.25, 0.3) is 0 Å². The van der Waals surface area contributed by atoms with Crippen LogP contribution in [0.2, 0.25) is 0 Å². The number of ether oxygens (including phenoxy) is 1. The molecule has 1 aromatic rings. The molecule has 0 saturated heterocycles. The second-order valence-corrected chi connectivity index (χ2v) is 2.95. The second-order valence-electron chi connectivity index (χ2n) is 2.95. The summed E-state index contributed by atoms with van der Waals surface area (Å²) in [5.74, 6) is 5.41. The number of halogens is 2. The van der Waals surface area contributed by atoms with Crippen LogP contribution in [0, 0.1) is 13.8 Å². The van der Waals surface area contributed by atoms with E-state index in [9.17, 15) is 8.78 Å². The van der Waals surface area contributed by atoms with Crippen molar-refractivity contribution in [3.8, 4) is 5.75 Å². The maximum absolute atomic E-state index is 11.9. The summed E-state index contributed by atoms with van der Waals surface area (Å²) in [7, 11) is 0. The van der Waals surface area contributed by atoms with Gasteiger partial charge in [-0.2, -0.15) is 8.78 Å². The van der Waals surface area contributed by atoms with Crippen molar-refractivity contribution < 1.29 is 13.5 Å². The van der Waals surface area contributed by atoms with Crippen molar-refractivity contribution in [2.24, 2.45) is 5.84 Å². The Morgan fingerprint density at radius 1 is 1.29 bits per heavy atom. The van der Waals surface area contributed by atoms with E-state index in [0.29, 0.717) is 0 Å². The Morgan fingerprint density at radius 2 is 1.79 bits per heavy atom. The van der Waals surface area contributed by atoms with E-state index in [1.807, 2.05) is 0 Å². The summed E-state index contributed by atoms with van der Waals surface area (Å²) >= 11 is 0. The molecular weight excluding hydrogens is 190 g/mol. The van der Waals surface area contributed by atoms with E-state index in [1.54, 1.807) is 13.8 Å². The first kappa shape index (κ1) is 10.7. The Morgan fingerprint density at radius 3 is 2.14 bits per heavy atom. The van der Waals surface area contributed by atoms with Gasteiger partial charge in [0.15, 0.2) is 0 Å². The van der Waals surface area contributed by atoms with Gasteiger partial charge >= 0.3 is 6.61 Å². The predicted molar refractivity (Wildman–Crippen MR) is 50.4 cm³/mol. The number of nitrogens with one attached hydrogen (secondary N) is 1. The highest BCUT2D eigenvalue weighted by Crippen LogP contribution is 2.26. The topological polar surface area (TPSA) is 47.3 Å². The lowest BCUT2D eigenvalue weighted by Gasteiger charge is -2.12. The van der Waals surface area contributed by atoms with Crippen LogP contribution < -0.4 is 16.0 Å². The summed E-state index contributed by atoms with van der Waals surface area (Å²) in [6, 6.07) is 3.02. The monoisotopic (exact) mass is 202 g/mol. The van der Waals surface area contributed by atoms with Crippen molar-refractivity contribution in [3.05, 3.63) is 23.3 Å². The van der Waals surface area contributed by atoms with Gasteiger partial charge in [0.2, 0.25) is 0 Å². The number of anilines is 1. The fourth-order valence-electron chi connectivity index (χ4n) is 1.32. The summed E-state index contributed by atoms with van der Waals surface area (Å²) in [5.41, 5.74) is 4.76. The number of aryl methyl sites for hydroxylation is 2. The zero-order valence-corrected chi connectivity index (χ0v) is 7.97. The fourth-order valence-corrected chi connectivity index (χ4v) is 1.32. The molecule has 0 aliphatic rings. The van der Waals surface area contributed by atoms with Crippen molar-refractivity contribution in [3.63, 3.8) is 0 Å². The van der Waals surface area contributed by atoms with Gasteiger partial charge in [-0.05, 0) is 37.1 Å². The summed E-state index contributed by atoms with van der Waals surface area (Å²) in [5, 5.41) is 0. The number of alkyl halides is 2. The molecule has 3 nitrogen and oxygen atoms in total. The first-order valence-corrected chi connectivity index (χ1v) is 4.07. The van der Waals surface area contributed by atoms with Crippen molar-refractivity contribution in [2.75, 3.05) is 5.43 Å². The van der Waals surface area contributed by atoms with Crippen molar-refractivity contribution >= 4 is 5.69 Å². The minimum atomic E-state index is -2.80. The van der Waals surface area contributed by atoms with Crippen LogP contribution in [0.5, 0.6) is 5.75 Å². The molecule has 0 aromatic heterocycles. The third kappa shape index (κ3) is 2.32. The Balaban J connectivity index is 3.01. The van der Waals surface area contributed by atoms with Gasteiger partial charge in [-0.1, -0.05) is 0 Å². The zero-order chi connectivity index (χ0) is 10.7.